The van der Waals surface area contributed by atoms with Crippen molar-refractivity contribution < 1.29 is 28.7 Å². The SMILES string of the molecule is COc1ccc(/C=C2/N=C(c3ccc(C)c([N+](=O)[O-])c3)OC2=O)c(OC)c1OC. The minimum absolute atomic E-state index is 0.0104. The lowest BCUT2D eigenvalue weighted by atomic mass is 10.1. The molecule has 29 heavy (non-hydrogen) atoms. The van der Waals surface area contributed by atoms with E-state index >= 15 is 0 Å². The molecule has 150 valence electrons. The molecule has 3 rings (SSSR count). The van der Waals surface area contributed by atoms with Gasteiger partial charge in [-0.15, -0.1) is 0 Å². The zero-order valence-corrected chi connectivity index (χ0v) is 16.2. The summed E-state index contributed by atoms with van der Waals surface area (Å²) in [5, 5.41) is 11.2. The number of methoxy groups -OCH3 is 3. The van der Waals surface area contributed by atoms with Gasteiger partial charge in [-0.2, -0.15) is 0 Å². The summed E-state index contributed by atoms with van der Waals surface area (Å²) in [4.78, 5) is 27.1. The fraction of sp³-hybridized carbons (Fsp3) is 0.200. The second kappa shape index (κ2) is 8.01. The zero-order chi connectivity index (χ0) is 21.1. The van der Waals surface area contributed by atoms with Crippen LogP contribution in [0.2, 0.25) is 0 Å². The monoisotopic (exact) mass is 398 g/mol. The molecular formula is C20H18N2O7. The van der Waals surface area contributed by atoms with Crippen LogP contribution in [0.3, 0.4) is 0 Å². The number of rotatable bonds is 6. The van der Waals surface area contributed by atoms with Crippen molar-refractivity contribution in [3.05, 3.63) is 62.8 Å². The molecule has 2 aromatic carbocycles. The predicted octanol–water partition coefficient (Wildman–Crippen LogP) is 3.27. The van der Waals surface area contributed by atoms with Crippen LogP contribution in [0.4, 0.5) is 5.69 Å². The summed E-state index contributed by atoms with van der Waals surface area (Å²) in [5.41, 5.74) is 1.29. The molecule has 9 heteroatoms. The van der Waals surface area contributed by atoms with Crippen molar-refractivity contribution >= 4 is 23.6 Å². The summed E-state index contributed by atoms with van der Waals surface area (Å²) in [7, 11) is 4.44. The van der Waals surface area contributed by atoms with Crippen LogP contribution in [0.1, 0.15) is 16.7 Å². The van der Waals surface area contributed by atoms with Gasteiger partial charge in [0.25, 0.3) is 5.69 Å². The molecule has 0 bridgehead atoms. The number of nitro groups is 1. The van der Waals surface area contributed by atoms with Crippen molar-refractivity contribution in [2.45, 2.75) is 6.92 Å². The van der Waals surface area contributed by atoms with E-state index < -0.39 is 10.9 Å². The van der Waals surface area contributed by atoms with Crippen molar-refractivity contribution in [3.8, 4) is 17.2 Å². The molecule has 0 fully saturated rings. The smallest absolute Gasteiger partial charge is 0.363 e. The number of hydrogen-bond acceptors (Lipinski definition) is 8. The Morgan fingerprint density at radius 1 is 1.07 bits per heavy atom. The zero-order valence-electron chi connectivity index (χ0n) is 16.2. The summed E-state index contributed by atoms with van der Waals surface area (Å²) in [6.07, 6.45) is 1.48. The number of ether oxygens (including phenoxy) is 4. The molecule has 1 aliphatic heterocycles. The third-order valence-corrected chi connectivity index (χ3v) is 4.30. The number of carbonyl (C=O) groups excluding carboxylic acids is 1. The van der Waals surface area contributed by atoms with Crippen molar-refractivity contribution in [3.63, 3.8) is 0 Å². The number of cyclic esters (lactones) is 1. The van der Waals surface area contributed by atoms with Gasteiger partial charge >= 0.3 is 5.97 Å². The first-order valence-electron chi connectivity index (χ1n) is 8.46. The number of aliphatic imine (C=N–C) groups is 1. The van der Waals surface area contributed by atoms with Gasteiger partial charge in [0, 0.05) is 22.8 Å². The molecule has 0 aromatic heterocycles. The van der Waals surface area contributed by atoms with Crippen LogP contribution in [0, 0.1) is 17.0 Å². The van der Waals surface area contributed by atoms with Gasteiger partial charge in [0.05, 0.1) is 26.3 Å². The van der Waals surface area contributed by atoms with Crippen LogP contribution in [0.15, 0.2) is 41.0 Å². The van der Waals surface area contributed by atoms with Crippen LogP contribution >= 0.6 is 0 Å². The Morgan fingerprint density at radius 2 is 1.79 bits per heavy atom. The molecule has 0 saturated heterocycles. The third kappa shape index (κ3) is 3.75. The molecule has 0 atom stereocenters. The number of aryl methyl sites for hydroxylation is 1. The molecule has 0 unspecified atom stereocenters. The molecule has 0 amide bonds. The van der Waals surface area contributed by atoms with Gasteiger partial charge in [0.15, 0.2) is 17.2 Å². The van der Waals surface area contributed by atoms with Gasteiger partial charge in [-0.1, -0.05) is 6.07 Å². The lowest BCUT2D eigenvalue weighted by molar-refractivity contribution is -0.385. The van der Waals surface area contributed by atoms with Crippen molar-refractivity contribution in [2.24, 2.45) is 4.99 Å². The summed E-state index contributed by atoms with van der Waals surface area (Å²) in [6, 6.07) is 7.85. The highest BCUT2D eigenvalue weighted by atomic mass is 16.6. The first-order valence-corrected chi connectivity index (χ1v) is 8.46. The minimum atomic E-state index is -0.680. The van der Waals surface area contributed by atoms with Crippen LogP contribution in [0.5, 0.6) is 17.2 Å². The number of benzene rings is 2. The maximum atomic E-state index is 12.3. The third-order valence-electron chi connectivity index (χ3n) is 4.30. The molecule has 9 nitrogen and oxygen atoms in total. The van der Waals surface area contributed by atoms with E-state index in [1.54, 1.807) is 31.2 Å². The van der Waals surface area contributed by atoms with Crippen molar-refractivity contribution in [1.82, 2.24) is 0 Å². The number of carbonyl (C=O) groups is 1. The number of esters is 1. The van der Waals surface area contributed by atoms with Crippen molar-refractivity contribution in [1.29, 1.82) is 0 Å². The Balaban J connectivity index is 2.04. The van der Waals surface area contributed by atoms with E-state index in [9.17, 15) is 14.9 Å². The van der Waals surface area contributed by atoms with E-state index in [1.807, 2.05) is 0 Å². The van der Waals surface area contributed by atoms with E-state index in [1.165, 1.54) is 33.5 Å². The summed E-state index contributed by atoms with van der Waals surface area (Å²) in [5.74, 6) is 0.511. The highest BCUT2D eigenvalue weighted by Crippen LogP contribution is 2.41. The van der Waals surface area contributed by atoms with Gasteiger partial charge in [0.1, 0.15) is 0 Å². The molecule has 0 saturated carbocycles. The van der Waals surface area contributed by atoms with Gasteiger partial charge in [-0.3, -0.25) is 10.1 Å². The molecule has 1 heterocycles. The van der Waals surface area contributed by atoms with Gasteiger partial charge < -0.3 is 18.9 Å². The second-order valence-electron chi connectivity index (χ2n) is 6.02. The Labute approximate surface area is 166 Å². The normalized spacial score (nSPS) is 14.4. The standard InChI is InChI=1S/C20H18N2O7/c1-11-5-6-13(10-15(11)22(24)25)19-21-14(20(23)29-19)9-12-7-8-16(26-2)18(28-4)17(12)27-3/h5-10H,1-4H3/b14-9+. The average molecular weight is 398 g/mol. The van der Waals surface area contributed by atoms with E-state index in [0.29, 0.717) is 33.9 Å². The van der Waals surface area contributed by atoms with Crippen molar-refractivity contribution in [2.75, 3.05) is 21.3 Å². The van der Waals surface area contributed by atoms with Crippen LogP contribution in [-0.4, -0.2) is 38.1 Å². The summed E-state index contributed by atoms with van der Waals surface area (Å²) >= 11 is 0. The second-order valence-corrected chi connectivity index (χ2v) is 6.02. The number of nitrogens with zero attached hydrogens (tertiary/aromatic N) is 2. The molecule has 0 aliphatic carbocycles. The maximum Gasteiger partial charge on any atom is 0.363 e. The topological polar surface area (TPSA) is 109 Å². The number of hydrogen-bond donors (Lipinski definition) is 0. The van der Waals surface area contributed by atoms with Crippen LogP contribution in [0.25, 0.3) is 6.08 Å². The maximum absolute atomic E-state index is 12.3. The average Bonchev–Trinajstić information content (AvgIpc) is 3.07. The van der Waals surface area contributed by atoms with Crippen LogP contribution in [-0.2, 0) is 9.53 Å². The van der Waals surface area contributed by atoms with Gasteiger partial charge in [-0.25, -0.2) is 9.79 Å². The minimum Gasteiger partial charge on any atom is -0.493 e. The fourth-order valence-corrected chi connectivity index (χ4v) is 2.86. The van der Waals surface area contributed by atoms with Gasteiger partial charge in [-0.05, 0) is 31.2 Å². The molecular weight excluding hydrogens is 380 g/mol. The Hall–Kier alpha value is -3.88. The Bertz CT molecular complexity index is 1060. The largest absolute Gasteiger partial charge is 0.493 e. The summed E-state index contributed by atoms with van der Waals surface area (Å²) in [6.45, 7) is 1.62. The van der Waals surface area contributed by atoms with E-state index in [2.05, 4.69) is 4.99 Å². The lowest BCUT2D eigenvalue weighted by Crippen LogP contribution is -2.06. The highest BCUT2D eigenvalue weighted by molar-refractivity contribution is 6.13. The Kier molecular flexibility index (Phi) is 5.49. The lowest BCUT2D eigenvalue weighted by Gasteiger charge is -2.14. The first kappa shape index (κ1) is 19.9. The molecule has 2 aromatic rings. The molecule has 0 spiro atoms. The van der Waals surface area contributed by atoms with Crippen LogP contribution < -0.4 is 14.2 Å². The molecule has 0 N–H and O–H groups in total. The van der Waals surface area contributed by atoms with Gasteiger partial charge in [0.2, 0.25) is 11.6 Å². The highest BCUT2D eigenvalue weighted by Gasteiger charge is 2.27. The molecule has 0 radical (unpaired) electrons. The summed E-state index contributed by atoms with van der Waals surface area (Å²) < 4.78 is 21.2. The van der Waals surface area contributed by atoms with E-state index in [0.717, 1.165) is 0 Å². The van der Waals surface area contributed by atoms with E-state index in [-0.39, 0.29) is 17.3 Å². The quantitative estimate of drug-likeness (QED) is 0.318. The fourth-order valence-electron chi connectivity index (χ4n) is 2.86. The predicted molar refractivity (Wildman–Crippen MR) is 105 cm³/mol. The van der Waals surface area contributed by atoms with E-state index in [4.69, 9.17) is 18.9 Å². The first-order chi connectivity index (χ1) is 13.9. The number of nitro benzene ring substituents is 1. The molecule has 1 aliphatic rings. The Morgan fingerprint density at radius 3 is 2.41 bits per heavy atom.